The minimum atomic E-state index is -3.67. The fraction of sp³-hybridized carbons (Fsp3) is 0.846. The molecule has 2 heterocycles. The minimum Gasteiger partial charge on any atom is -0.472 e. The van der Waals surface area contributed by atoms with Gasteiger partial charge in [-0.05, 0) is 20.8 Å². The molecule has 2 rings (SSSR count). The Bertz CT molecular complexity index is 892. The molecule has 1 aromatic heterocycles. The molecule has 0 amide bonds. The highest BCUT2D eigenvalue weighted by atomic mass is 32.1. The second-order valence-corrected chi connectivity index (χ2v) is 5.34. The summed E-state index contributed by atoms with van der Waals surface area (Å²) in [4.78, 5) is -0.108. The lowest BCUT2D eigenvalue weighted by molar-refractivity contribution is 0.0975. The molecule has 8 heteroatoms. The first-order valence-electron chi connectivity index (χ1n) is 12.3. The minimum absolute atomic E-state index is 0.108. The van der Waals surface area contributed by atoms with E-state index in [1.165, 1.54) is 20.8 Å². The highest BCUT2D eigenvalue weighted by Crippen LogP contribution is 2.26. The van der Waals surface area contributed by atoms with Crippen molar-refractivity contribution in [2.45, 2.75) is 32.4 Å². The summed E-state index contributed by atoms with van der Waals surface area (Å²) in [5.74, 6) is -2.05. The third kappa shape index (κ3) is 5.39. The molecule has 0 aliphatic carbocycles. The van der Waals surface area contributed by atoms with Crippen molar-refractivity contribution in [3.05, 3.63) is 0 Å². The van der Waals surface area contributed by atoms with Crippen LogP contribution in [0.2, 0.25) is 0 Å². The van der Waals surface area contributed by atoms with Gasteiger partial charge in [0.15, 0.2) is 0 Å². The highest BCUT2D eigenvalue weighted by Gasteiger charge is 2.21. The molecule has 1 aliphatic heterocycles. The van der Waals surface area contributed by atoms with Gasteiger partial charge >= 0.3 is 0 Å². The van der Waals surface area contributed by atoms with E-state index in [-0.39, 0.29) is 16.6 Å². The summed E-state index contributed by atoms with van der Waals surface area (Å²) in [6, 6.07) is 0. The van der Waals surface area contributed by atoms with Crippen LogP contribution in [0, 0.1) is 0 Å². The van der Waals surface area contributed by atoms with Crippen LogP contribution in [0.25, 0.3) is 0 Å². The molecule has 0 aromatic carbocycles. The first kappa shape index (κ1) is 6.27. The van der Waals surface area contributed by atoms with Crippen LogP contribution < -0.4 is 15.0 Å². The van der Waals surface area contributed by atoms with Crippen LogP contribution in [0.5, 0.6) is 5.88 Å². The molecule has 120 valence electrons. The summed E-state index contributed by atoms with van der Waals surface area (Å²) in [7, 11) is 0. The van der Waals surface area contributed by atoms with Crippen molar-refractivity contribution in [3.8, 4) is 5.88 Å². The summed E-state index contributed by atoms with van der Waals surface area (Å²) < 4.78 is 120. The van der Waals surface area contributed by atoms with Gasteiger partial charge in [0.05, 0.1) is 39.9 Å². The Morgan fingerprint density at radius 3 is 2.95 bits per heavy atom. The van der Waals surface area contributed by atoms with Gasteiger partial charge in [-0.1, -0.05) is 0 Å². The monoisotopic (exact) mass is 329 g/mol. The zero-order valence-corrected chi connectivity index (χ0v) is 12.3. The van der Waals surface area contributed by atoms with Gasteiger partial charge in [0.25, 0.3) is 5.88 Å². The Morgan fingerprint density at radius 2 is 2.29 bits per heavy atom. The van der Waals surface area contributed by atoms with Crippen molar-refractivity contribution in [2.75, 3.05) is 44.1 Å². The van der Waals surface area contributed by atoms with E-state index in [0.717, 1.165) is 0 Å². The van der Waals surface area contributed by atoms with Crippen LogP contribution in [0.3, 0.4) is 0 Å². The molecule has 2 N–H and O–H groups in total. The number of morpholine rings is 1. The van der Waals surface area contributed by atoms with Crippen molar-refractivity contribution in [1.82, 2.24) is 14.1 Å². The predicted octanol–water partition coefficient (Wildman–Crippen LogP) is 0.502. The molecule has 0 unspecified atom stereocenters. The second-order valence-electron chi connectivity index (χ2n) is 4.81. The van der Waals surface area contributed by atoms with Gasteiger partial charge in [-0.25, -0.2) is 0 Å². The highest BCUT2D eigenvalue weighted by molar-refractivity contribution is 6.99. The van der Waals surface area contributed by atoms with Crippen molar-refractivity contribution in [2.24, 2.45) is 0 Å². The first-order chi connectivity index (χ1) is 14.7. The van der Waals surface area contributed by atoms with Crippen LogP contribution in [0.15, 0.2) is 0 Å². The Hall–Kier alpha value is -0.960. The van der Waals surface area contributed by atoms with E-state index in [1.54, 1.807) is 0 Å². The molecule has 1 atom stereocenters. The molecule has 1 fully saturated rings. The van der Waals surface area contributed by atoms with Crippen LogP contribution in [0.1, 0.15) is 38.6 Å². The number of nitrogens with one attached hydrogen (secondary N) is 1. The van der Waals surface area contributed by atoms with E-state index in [9.17, 15) is 5.11 Å². The maximum Gasteiger partial charge on any atom is 0.270 e. The average molecular weight is 330 g/mol. The largest absolute Gasteiger partial charge is 0.472 e. The number of aliphatic hydroxyl groups is 1. The van der Waals surface area contributed by atoms with Gasteiger partial charge in [-0.3, -0.25) is 0 Å². The standard InChI is InChI=1S/C13H24N4O3S/c1-13(2,3)14-8-10(18)9-20-12-11(15-21-16-12)17-4-6-19-7-5-17/h10,14,18H,4-9H2,1-3H3/t10-/m0/s1/i4D2,5D2,6D2,7D2,8D2,9D2,10D. The Morgan fingerprint density at radius 1 is 1.57 bits per heavy atom. The van der Waals surface area contributed by atoms with E-state index < -0.39 is 62.5 Å². The molecule has 1 saturated heterocycles. The molecular weight excluding hydrogens is 292 g/mol. The SMILES string of the molecule is [2H]C1([2H])OC([2H])([2H])C([2H])([2H])N(c2nsnc2OC([2H])([2H])[C@@]([2H])(O)C([2H])([2H])NC(C)(C)C)C1([2H])[2H]. The average Bonchev–Trinajstić information content (AvgIpc) is 2.96. The number of aromatic nitrogens is 2. The molecule has 0 radical (unpaired) electrons. The van der Waals surface area contributed by atoms with Gasteiger partial charge in [0.2, 0.25) is 5.82 Å². The van der Waals surface area contributed by atoms with Crippen LogP contribution in [-0.4, -0.2) is 64.6 Å². The number of rotatable bonds is 6. The molecule has 0 saturated carbocycles. The van der Waals surface area contributed by atoms with Gasteiger partial charge in [-0.2, -0.15) is 4.37 Å². The zero-order chi connectivity index (χ0) is 27.0. The van der Waals surface area contributed by atoms with Crippen LogP contribution in [-0.2, 0) is 4.74 Å². The van der Waals surface area contributed by atoms with Gasteiger partial charge in [0.1, 0.15) is 12.6 Å². The van der Waals surface area contributed by atoms with E-state index in [4.69, 9.17) is 22.6 Å². The molecule has 21 heavy (non-hydrogen) atoms. The lowest BCUT2D eigenvalue weighted by atomic mass is 10.1. The van der Waals surface area contributed by atoms with E-state index in [2.05, 4.69) is 18.8 Å². The summed E-state index contributed by atoms with van der Waals surface area (Å²) in [5, 5.41) is 12.7. The number of β-amino-alcohol motifs (C(OH)–C–C–N with tert-alkyl or cyclic N) is 1. The van der Waals surface area contributed by atoms with Crippen molar-refractivity contribution < 1.29 is 32.4 Å². The maximum atomic E-state index is 10.5. The number of nitrogens with zero attached hydrogens (tertiary/aromatic N) is 3. The Labute approximate surface area is 147 Å². The normalized spacial score (nSPS) is 39.4. The smallest absolute Gasteiger partial charge is 0.270 e. The van der Waals surface area contributed by atoms with Crippen LogP contribution >= 0.6 is 11.7 Å². The Kier molecular flexibility index (Phi) is 2.19. The summed E-state index contributed by atoms with van der Waals surface area (Å²) in [5.41, 5.74) is -1.03. The molecule has 7 nitrogen and oxygen atoms in total. The first-order valence-corrected chi connectivity index (χ1v) is 6.50. The second kappa shape index (κ2) is 7.35. The lowest BCUT2D eigenvalue weighted by Gasteiger charge is -2.27. The molecular formula is C13H24N4O3S. The van der Waals surface area contributed by atoms with E-state index in [0.29, 0.717) is 0 Å². The van der Waals surface area contributed by atoms with Crippen molar-refractivity contribution in [3.63, 3.8) is 0 Å². The van der Waals surface area contributed by atoms with Crippen LogP contribution in [0.4, 0.5) is 5.82 Å². The molecule has 0 bridgehead atoms. The Balaban J connectivity index is 2.57. The third-order valence-corrected chi connectivity index (χ3v) is 2.37. The number of hydrogen-bond donors (Lipinski definition) is 2. The quantitative estimate of drug-likeness (QED) is 0.787. The fourth-order valence-electron chi connectivity index (χ4n) is 1.04. The topological polar surface area (TPSA) is 79.7 Å². The summed E-state index contributed by atoms with van der Waals surface area (Å²) >= 11 is 0.226. The molecule has 0 spiro atoms. The summed E-state index contributed by atoms with van der Waals surface area (Å²) in [6.07, 6.45) is -3.67. The number of hydrogen-bond acceptors (Lipinski definition) is 8. The van der Waals surface area contributed by atoms with E-state index >= 15 is 0 Å². The molecule has 1 aliphatic rings. The fourth-order valence-corrected chi connectivity index (χ4v) is 1.51. The third-order valence-electron chi connectivity index (χ3n) is 1.87. The number of anilines is 1. The zero-order valence-electron chi connectivity index (χ0n) is 24.5. The lowest BCUT2D eigenvalue weighted by Crippen LogP contribution is -2.42. The van der Waals surface area contributed by atoms with Gasteiger partial charge in [0, 0.05) is 27.8 Å². The van der Waals surface area contributed by atoms with Gasteiger partial charge in [-0.15, -0.1) is 4.37 Å². The van der Waals surface area contributed by atoms with Crippen molar-refractivity contribution in [1.29, 1.82) is 0 Å². The molecule has 1 aromatic rings. The predicted molar refractivity (Wildman–Crippen MR) is 82.2 cm³/mol. The van der Waals surface area contributed by atoms with Gasteiger partial charge < -0.3 is 24.8 Å². The number of ether oxygens (including phenoxy) is 2. The van der Waals surface area contributed by atoms with E-state index in [1.807, 2.05) is 0 Å². The summed E-state index contributed by atoms with van der Waals surface area (Å²) in [6.45, 7) is -16.0. The van der Waals surface area contributed by atoms with Crippen molar-refractivity contribution >= 4 is 17.5 Å². The maximum absolute atomic E-state index is 10.5.